The Kier molecular flexibility index (Phi) is 6.21. The minimum absolute atomic E-state index is 0.0346. The van der Waals surface area contributed by atoms with Crippen LogP contribution in [-0.2, 0) is 4.79 Å². The van der Waals surface area contributed by atoms with E-state index >= 15 is 0 Å². The van der Waals surface area contributed by atoms with Crippen LogP contribution in [0.2, 0.25) is 0 Å². The summed E-state index contributed by atoms with van der Waals surface area (Å²) in [7, 11) is 0. The molecule has 0 aliphatic carbocycles. The zero-order chi connectivity index (χ0) is 11.1. The largest absolute Gasteiger partial charge is 0.480 e. The summed E-state index contributed by atoms with van der Waals surface area (Å²) in [5, 5.41) is 8.70. The number of aliphatic carboxylic acids is 1. The van der Waals surface area contributed by atoms with Crippen LogP contribution in [-0.4, -0.2) is 17.1 Å². The fraction of sp³-hybridized carbons (Fsp3) is 0.727. The standard InChI is InChI=1S/C11H21NO2/c1-4-5-6-8(2)7-9(3)10(12)11(13)14/h4,8-10H,1,5-7,12H2,2-3H3,(H,13,14). The molecule has 82 valence electrons. The molecule has 3 nitrogen and oxygen atoms in total. The van der Waals surface area contributed by atoms with Crippen molar-refractivity contribution in [1.29, 1.82) is 0 Å². The molecular weight excluding hydrogens is 178 g/mol. The first-order valence-electron chi connectivity index (χ1n) is 5.08. The van der Waals surface area contributed by atoms with Gasteiger partial charge in [-0.25, -0.2) is 0 Å². The van der Waals surface area contributed by atoms with Gasteiger partial charge >= 0.3 is 5.97 Å². The molecule has 0 spiro atoms. The summed E-state index contributed by atoms with van der Waals surface area (Å²) in [5.41, 5.74) is 5.52. The quantitative estimate of drug-likeness (QED) is 0.617. The van der Waals surface area contributed by atoms with E-state index in [0.29, 0.717) is 5.92 Å². The minimum Gasteiger partial charge on any atom is -0.480 e. The molecule has 3 unspecified atom stereocenters. The highest BCUT2D eigenvalue weighted by atomic mass is 16.4. The van der Waals surface area contributed by atoms with Gasteiger partial charge in [0.15, 0.2) is 0 Å². The maximum atomic E-state index is 10.6. The molecule has 3 atom stereocenters. The van der Waals surface area contributed by atoms with E-state index in [9.17, 15) is 4.79 Å². The summed E-state index contributed by atoms with van der Waals surface area (Å²) in [6.45, 7) is 7.67. The molecule has 0 radical (unpaired) electrons. The van der Waals surface area contributed by atoms with Crippen LogP contribution in [0, 0.1) is 11.8 Å². The zero-order valence-corrected chi connectivity index (χ0v) is 9.07. The van der Waals surface area contributed by atoms with Gasteiger partial charge in [-0.3, -0.25) is 4.79 Å². The number of carbonyl (C=O) groups is 1. The van der Waals surface area contributed by atoms with Crippen molar-refractivity contribution in [2.45, 2.75) is 39.2 Å². The van der Waals surface area contributed by atoms with Crippen LogP contribution in [0.3, 0.4) is 0 Å². The van der Waals surface area contributed by atoms with Gasteiger partial charge in [-0.1, -0.05) is 19.9 Å². The van der Waals surface area contributed by atoms with E-state index in [-0.39, 0.29) is 5.92 Å². The van der Waals surface area contributed by atoms with Crippen LogP contribution in [0.15, 0.2) is 12.7 Å². The fourth-order valence-electron chi connectivity index (χ4n) is 1.54. The first-order chi connectivity index (χ1) is 6.49. The Balaban J connectivity index is 3.85. The van der Waals surface area contributed by atoms with E-state index in [0.717, 1.165) is 19.3 Å². The van der Waals surface area contributed by atoms with Gasteiger partial charge in [0, 0.05) is 0 Å². The molecule has 3 N–H and O–H groups in total. The lowest BCUT2D eigenvalue weighted by Crippen LogP contribution is -2.37. The molecule has 0 saturated carbocycles. The zero-order valence-electron chi connectivity index (χ0n) is 9.07. The third kappa shape index (κ3) is 5.02. The molecule has 0 aromatic heterocycles. The topological polar surface area (TPSA) is 63.3 Å². The van der Waals surface area contributed by atoms with E-state index in [4.69, 9.17) is 10.8 Å². The average Bonchev–Trinajstić information content (AvgIpc) is 2.13. The summed E-state index contributed by atoms with van der Waals surface area (Å²) in [4.78, 5) is 10.6. The highest BCUT2D eigenvalue weighted by Gasteiger charge is 2.21. The van der Waals surface area contributed by atoms with Gasteiger partial charge in [-0.15, -0.1) is 6.58 Å². The van der Waals surface area contributed by atoms with Gasteiger partial charge in [-0.2, -0.15) is 0 Å². The number of carboxylic acids is 1. The Hall–Kier alpha value is -0.830. The van der Waals surface area contributed by atoms with Gasteiger partial charge in [-0.05, 0) is 31.1 Å². The molecule has 0 rings (SSSR count). The Morgan fingerprint density at radius 3 is 2.57 bits per heavy atom. The average molecular weight is 199 g/mol. The van der Waals surface area contributed by atoms with E-state index in [1.165, 1.54) is 0 Å². The normalized spacial score (nSPS) is 17.1. The first kappa shape index (κ1) is 13.2. The fourth-order valence-corrected chi connectivity index (χ4v) is 1.54. The molecule has 14 heavy (non-hydrogen) atoms. The number of hydrogen-bond acceptors (Lipinski definition) is 2. The molecule has 0 aliphatic heterocycles. The summed E-state index contributed by atoms with van der Waals surface area (Å²) < 4.78 is 0. The van der Waals surface area contributed by atoms with Gasteiger partial charge < -0.3 is 10.8 Å². The lowest BCUT2D eigenvalue weighted by molar-refractivity contribution is -0.139. The van der Waals surface area contributed by atoms with Crippen molar-refractivity contribution < 1.29 is 9.90 Å². The van der Waals surface area contributed by atoms with Crippen LogP contribution >= 0.6 is 0 Å². The van der Waals surface area contributed by atoms with Gasteiger partial charge in [0.1, 0.15) is 6.04 Å². The number of carboxylic acid groups (broad SMARTS) is 1. The van der Waals surface area contributed by atoms with Crippen molar-refractivity contribution in [3.05, 3.63) is 12.7 Å². The molecule has 0 fully saturated rings. The maximum Gasteiger partial charge on any atom is 0.320 e. The Morgan fingerprint density at radius 1 is 1.57 bits per heavy atom. The van der Waals surface area contributed by atoms with Gasteiger partial charge in [0.2, 0.25) is 0 Å². The monoisotopic (exact) mass is 199 g/mol. The predicted molar refractivity (Wildman–Crippen MR) is 58.0 cm³/mol. The molecule has 0 aromatic carbocycles. The number of nitrogens with two attached hydrogens (primary N) is 1. The molecular formula is C11H21NO2. The second-order valence-electron chi connectivity index (χ2n) is 4.05. The summed E-state index contributed by atoms with van der Waals surface area (Å²) >= 11 is 0. The first-order valence-corrected chi connectivity index (χ1v) is 5.08. The Morgan fingerprint density at radius 2 is 2.14 bits per heavy atom. The molecule has 0 bridgehead atoms. The van der Waals surface area contributed by atoms with E-state index < -0.39 is 12.0 Å². The van der Waals surface area contributed by atoms with Gasteiger partial charge in [0.05, 0.1) is 0 Å². The van der Waals surface area contributed by atoms with Crippen LogP contribution in [0.25, 0.3) is 0 Å². The predicted octanol–water partition coefficient (Wildman–Crippen LogP) is 2.03. The minimum atomic E-state index is -0.909. The van der Waals surface area contributed by atoms with E-state index in [1.807, 2.05) is 13.0 Å². The van der Waals surface area contributed by atoms with Crippen molar-refractivity contribution in [2.75, 3.05) is 0 Å². The summed E-state index contributed by atoms with van der Waals surface area (Å²) in [6.07, 6.45) is 4.79. The number of rotatable bonds is 7. The second-order valence-corrected chi connectivity index (χ2v) is 4.05. The highest BCUT2D eigenvalue weighted by molar-refractivity contribution is 5.73. The van der Waals surface area contributed by atoms with Crippen molar-refractivity contribution in [1.82, 2.24) is 0 Å². The molecule has 0 aliphatic rings. The van der Waals surface area contributed by atoms with Crippen molar-refractivity contribution in [3.63, 3.8) is 0 Å². The molecule has 0 saturated heterocycles. The van der Waals surface area contributed by atoms with Crippen molar-refractivity contribution in [3.8, 4) is 0 Å². The Labute approximate surface area is 86.0 Å². The lowest BCUT2D eigenvalue weighted by atomic mass is 9.89. The third-order valence-corrected chi connectivity index (χ3v) is 2.54. The number of allylic oxidation sites excluding steroid dienone is 1. The SMILES string of the molecule is C=CCCC(C)CC(C)C(N)C(=O)O. The number of hydrogen-bond donors (Lipinski definition) is 2. The van der Waals surface area contributed by atoms with Crippen molar-refractivity contribution in [2.24, 2.45) is 17.6 Å². The molecule has 3 heteroatoms. The van der Waals surface area contributed by atoms with Crippen LogP contribution in [0.4, 0.5) is 0 Å². The van der Waals surface area contributed by atoms with E-state index in [2.05, 4.69) is 13.5 Å². The van der Waals surface area contributed by atoms with Crippen LogP contribution in [0.1, 0.15) is 33.1 Å². The van der Waals surface area contributed by atoms with E-state index in [1.54, 1.807) is 0 Å². The van der Waals surface area contributed by atoms with Crippen LogP contribution in [0.5, 0.6) is 0 Å². The third-order valence-electron chi connectivity index (χ3n) is 2.54. The Bertz CT molecular complexity index is 192. The smallest absolute Gasteiger partial charge is 0.320 e. The summed E-state index contributed by atoms with van der Waals surface area (Å²) in [5.74, 6) is -0.367. The summed E-state index contributed by atoms with van der Waals surface area (Å²) in [6, 6.07) is -0.735. The van der Waals surface area contributed by atoms with Crippen molar-refractivity contribution >= 4 is 5.97 Å². The maximum absolute atomic E-state index is 10.6. The molecule has 0 heterocycles. The lowest BCUT2D eigenvalue weighted by Gasteiger charge is -2.19. The highest BCUT2D eigenvalue weighted by Crippen LogP contribution is 2.18. The van der Waals surface area contributed by atoms with Gasteiger partial charge in [0.25, 0.3) is 0 Å². The molecule has 0 aromatic rings. The molecule has 0 amide bonds. The van der Waals surface area contributed by atoms with Crippen LogP contribution < -0.4 is 5.73 Å². The second kappa shape index (κ2) is 6.60.